The molecule has 1 aromatic rings. The lowest BCUT2D eigenvalue weighted by atomic mass is 10.1. The Kier molecular flexibility index (Phi) is 5.04. The van der Waals surface area contributed by atoms with Crippen LogP contribution in [-0.4, -0.2) is 18.7 Å². The molecule has 1 unspecified atom stereocenters. The van der Waals surface area contributed by atoms with Crippen molar-refractivity contribution in [1.29, 1.82) is 0 Å². The first-order valence-corrected chi connectivity index (χ1v) is 7.12. The molecule has 1 aromatic carbocycles. The maximum absolute atomic E-state index is 6.00. The molecule has 0 bridgehead atoms. The Morgan fingerprint density at radius 1 is 1.39 bits per heavy atom. The van der Waals surface area contributed by atoms with Gasteiger partial charge in [0.25, 0.3) is 0 Å². The molecule has 18 heavy (non-hydrogen) atoms. The summed E-state index contributed by atoms with van der Waals surface area (Å²) in [5.41, 5.74) is 1.14. The van der Waals surface area contributed by atoms with Gasteiger partial charge in [-0.05, 0) is 36.5 Å². The first-order valence-electron chi connectivity index (χ1n) is 6.74. The monoisotopic (exact) mass is 267 g/mol. The fourth-order valence-corrected chi connectivity index (χ4v) is 2.10. The average Bonchev–Trinajstić information content (AvgIpc) is 3.12. The van der Waals surface area contributed by atoms with E-state index in [0.717, 1.165) is 23.2 Å². The number of halogens is 1. The molecule has 0 spiro atoms. The molecule has 2 rings (SSSR count). The average molecular weight is 268 g/mol. The van der Waals surface area contributed by atoms with Gasteiger partial charge in [-0.1, -0.05) is 37.6 Å². The van der Waals surface area contributed by atoms with E-state index in [4.69, 9.17) is 16.3 Å². The van der Waals surface area contributed by atoms with Crippen LogP contribution in [-0.2, 0) is 11.3 Å². The molecule has 0 radical (unpaired) electrons. The molecule has 0 aromatic heterocycles. The van der Waals surface area contributed by atoms with Crippen LogP contribution in [0.3, 0.4) is 0 Å². The summed E-state index contributed by atoms with van der Waals surface area (Å²) in [6.07, 6.45) is 2.91. The second-order valence-electron chi connectivity index (χ2n) is 5.41. The molecule has 2 nitrogen and oxygen atoms in total. The number of hydrogen-bond acceptors (Lipinski definition) is 2. The van der Waals surface area contributed by atoms with Crippen molar-refractivity contribution in [3.05, 3.63) is 34.9 Å². The molecule has 0 aliphatic heterocycles. The number of nitrogens with one attached hydrogen (secondary N) is 1. The summed E-state index contributed by atoms with van der Waals surface area (Å²) in [5, 5.41) is 4.31. The molecule has 1 saturated carbocycles. The van der Waals surface area contributed by atoms with Crippen LogP contribution in [0.4, 0.5) is 0 Å². The van der Waals surface area contributed by atoms with Crippen molar-refractivity contribution in [3.63, 3.8) is 0 Å². The van der Waals surface area contributed by atoms with Gasteiger partial charge in [0.05, 0.1) is 12.7 Å². The fraction of sp³-hybridized carbons (Fsp3) is 0.600. The van der Waals surface area contributed by atoms with Crippen LogP contribution in [0.15, 0.2) is 24.3 Å². The molecule has 1 aliphatic carbocycles. The second kappa shape index (κ2) is 6.55. The molecule has 100 valence electrons. The van der Waals surface area contributed by atoms with E-state index in [1.165, 1.54) is 12.8 Å². The standard InChI is InChI=1S/C15H22ClNO/c1-11(2)15(9-17-14-6-7-14)18-10-12-4-3-5-13(16)8-12/h3-5,8,11,14-15,17H,6-7,9-10H2,1-2H3. The van der Waals surface area contributed by atoms with Crippen molar-refractivity contribution in [2.75, 3.05) is 6.54 Å². The van der Waals surface area contributed by atoms with Crippen LogP contribution < -0.4 is 5.32 Å². The van der Waals surface area contributed by atoms with Crippen LogP contribution in [0.25, 0.3) is 0 Å². The summed E-state index contributed by atoms with van der Waals surface area (Å²) < 4.78 is 6.00. The SMILES string of the molecule is CC(C)C(CNC1CC1)OCc1cccc(Cl)c1. The van der Waals surface area contributed by atoms with Gasteiger partial charge in [-0.15, -0.1) is 0 Å². The summed E-state index contributed by atoms with van der Waals surface area (Å²) in [6.45, 7) is 5.99. The van der Waals surface area contributed by atoms with Gasteiger partial charge < -0.3 is 10.1 Å². The van der Waals surface area contributed by atoms with Crippen LogP contribution >= 0.6 is 11.6 Å². The first-order chi connectivity index (χ1) is 8.65. The van der Waals surface area contributed by atoms with Gasteiger partial charge >= 0.3 is 0 Å². The van der Waals surface area contributed by atoms with E-state index in [0.29, 0.717) is 12.5 Å². The predicted molar refractivity (Wildman–Crippen MR) is 75.9 cm³/mol. The molecule has 1 aliphatic rings. The quantitative estimate of drug-likeness (QED) is 0.815. The molecule has 0 heterocycles. The molecule has 1 N–H and O–H groups in total. The van der Waals surface area contributed by atoms with Gasteiger partial charge in [-0.2, -0.15) is 0 Å². The van der Waals surface area contributed by atoms with Gasteiger partial charge in [0.2, 0.25) is 0 Å². The van der Waals surface area contributed by atoms with E-state index >= 15 is 0 Å². The van der Waals surface area contributed by atoms with E-state index < -0.39 is 0 Å². The lowest BCUT2D eigenvalue weighted by molar-refractivity contribution is 0.0111. The zero-order chi connectivity index (χ0) is 13.0. The van der Waals surface area contributed by atoms with Crippen LogP contribution in [0, 0.1) is 5.92 Å². The van der Waals surface area contributed by atoms with Crippen molar-refractivity contribution in [2.24, 2.45) is 5.92 Å². The number of rotatable bonds is 7. The zero-order valence-electron chi connectivity index (χ0n) is 11.2. The number of ether oxygens (including phenoxy) is 1. The maximum atomic E-state index is 6.00. The van der Waals surface area contributed by atoms with E-state index in [1.54, 1.807) is 0 Å². The number of benzene rings is 1. The largest absolute Gasteiger partial charge is 0.372 e. The van der Waals surface area contributed by atoms with E-state index in [2.05, 4.69) is 25.2 Å². The lowest BCUT2D eigenvalue weighted by Gasteiger charge is -2.22. The highest BCUT2D eigenvalue weighted by atomic mass is 35.5. The van der Waals surface area contributed by atoms with Crippen molar-refractivity contribution in [3.8, 4) is 0 Å². The topological polar surface area (TPSA) is 21.3 Å². The van der Waals surface area contributed by atoms with Crippen LogP contribution in [0.1, 0.15) is 32.3 Å². The van der Waals surface area contributed by atoms with Gasteiger partial charge in [0.1, 0.15) is 0 Å². The predicted octanol–water partition coefficient (Wildman–Crippen LogP) is 3.63. The maximum Gasteiger partial charge on any atom is 0.0726 e. The minimum Gasteiger partial charge on any atom is -0.372 e. The highest BCUT2D eigenvalue weighted by molar-refractivity contribution is 6.30. The fourth-order valence-electron chi connectivity index (χ4n) is 1.89. The third kappa shape index (κ3) is 4.60. The lowest BCUT2D eigenvalue weighted by Crippen LogP contribution is -2.34. The Labute approximate surface area is 115 Å². The zero-order valence-corrected chi connectivity index (χ0v) is 11.9. The van der Waals surface area contributed by atoms with Gasteiger partial charge in [-0.3, -0.25) is 0 Å². The normalized spacial score (nSPS) is 17.1. The highest BCUT2D eigenvalue weighted by Gasteiger charge is 2.23. The Hall–Kier alpha value is -0.570. The van der Waals surface area contributed by atoms with Crippen molar-refractivity contribution in [1.82, 2.24) is 5.32 Å². The van der Waals surface area contributed by atoms with Crippen molar-refractivity contribution < 1.29 is 4.74 Å². The van der Waals surface area contributed by atoms with Crippen molar-refractivity contribution >= 4 is 11.6 Å². The van der Waals surface area contributed by atoms with Gasteiger partial charge in [-0.25, -0.2) is 0 Å². The highest BCUT2D eigenvalue weighted by Crippen LogP contribution is 2.20. The van der Waals surface area contributed by atoms with E-state index in [9.17, 15) is 0 Å². The second-order valence-corrected chi connectivity index (χ2v) is 5.84. The molecule has 0 saturated heterocycles. The summed E-state index contributed by atoms with van der Waals surface area (Å²) in [5.74, 6) is 0.524. The Bertz CT molecular complexity index is 377. The van der Waals surface area contributed by atoms with Gasteiger partial charge in [0, 0.05) is 17.6 Å². The Balaban J connectivity index is 1.80. The van der Waals surface area contributed by atoms with Crippen LogP contribution in [0.5, 0.6) is 0 Å². The Morgan fingerprint density at radius 2 is 2.17 bits per heavy atom. The third-order valence-corrected chi connectivity index (χ3v) is 3.52. The molecule has 1 atom stereocenters. The van der Waals surface area contributed by atoms with E-state index in [1.807, 2.05) is 18.2 Å². The summed E-state index contributed by atoms with van der Waals surface area (Å²) in [7, 11) is 0. The summed E-state index contributed by atoms with van der Waals surface area (Å²) in [6, 6.07) is 8.61. The Morgan fingerprint density at radius 3 is 2.78 bits per heavy atom. The molecule has 1 fully saturated rings. The third-order valence-electron chi connectivity index (χ3n) is 3.28. The van der Waals surface area contributed by atoms with Crippen LogP contribution in [0.2, 0.25) is 5.02 Å². The summed E-state index contributed by atoms with van der Waals surface area (Å²) in [4.78, 5) is 0. The smallest absolute Gasteiger partial charge is 0.0726 e. The molecular formula is C15H22ClNO. The summed E-state index contributed by atoms with van der Waals surface area (Å²) >= 11 is 5.97. The molecule has 3 heteroatoms. The van der Waals surface area contributed by atoms with Crippen molar-refractivity contribution in [2.45, 2.75) is 45.4 Å². The minimum absolute atomic E-state index is 0.268. The molecule has 0 amide bonds. The van der Waals surface area contributed by atoms with Gasteiger partial charge in [0.15, 0.2) is 0 Å². The van der Waals surface area contributed by atoms with E-state index in [-0.39, 0.29) is 6.10 Å². The number of hydrogen-bond donors (Lipinski definition) is 1. The minimum atomic E-state index is 0.268. The first kappa shape index (κ1) is 13.9. The molecular weight excluding hydrogens is 246 g/mol.